The molecule has 0 fully saturated rings. The van der Waals surface area contributed by atoms with E-state index < -0.39 is 0 Å². The van der Waals surface area contributed by atoms with E-state index in [-0.39, 0.29) is 17.7 Å². The molecule has 0 spiro atoms. The second-order valence-corrected chi connectivity index (χ2v) is 8.84. The first-order valence-electron chi connectivity index (χ1n) is 12.1. The van der Waals surface area contributed by atoms with Crippen LogP contribution in [0.3, 0.4) is 0 Å². The lowest BCUT2D eigenvalue weighted by atomic mass is 9.86. The molecule has 0 bridgehead atoms. The molecule has 4 aromatic rings. The molecule has 0 saturated heterocycles. The van der Waals surface area contributed by atoms with Crippen molar-refractivity contribution in [2.24, 2.45) is 11.8 Å². The van der Waals surface area contributed by atoms with Crippen LogP contribution < -0.4 is 10.1 Å². The number of ether oxygens (including phenoxy) is 1. The maximum atomic E-state index is 13.6. The third-order valence-electron chi connectivity index (χ3n) is 6.92. The SMILES string of the molecule is C=C[C@@H](CC)[C@H](CC)C(=O)Nc1c(C)cc2ccccc2c1-c1c(OC)ccc2ccccc12. The fourth-order valence-corrected chi connectivity index (χ4v) is 5.10. The molecule has 1 amide bonds. The van der Waals surface area contributed by atoms with Crippen LogP contribution in [0.2, 0.25) is 0 Å². The van der Waals surface area contributed by atoms with Crippen LogP contribution in [-0.4, -0.2) is 13.0 Å². The summed E-state index contributed by atoms with van der Waals surface area (Å²) in [4.78, 5) is 13.6. The third-order valence-corrected chi connectivity index (χ3v) is 6.92. The number of fused-ring (bicyclic) bond motifs is 2. The molecular formula is C31H33NO2. The number of allylic oxidation sites excluding steroid dienone is 1. The molecule has 0 saturated carbocycles. The molecule has 3 heteroatoms. The van der Waals surface area contributed by atoms with Gasteiger partial charge in [-0.2, -0.15) is 0 Å². The number of rotatable bonds is 8. The van der Waals surface area contributed by atoms with E-state index in [9.17, 15) is 4.79 Å². The van der Waals surface area contributed by atoms with Gasteiger partial charge in [0.1, 0.15) is 5.75 Å². The lowest BCUT2D eigenvalue weighted by molar-refractivity contribution is -0.121. The number of benzene rings is 4. The van der Waals surface area contributed by atoms with Gasteiger partial charge in [0, 0.05) is 17.0 Å². The molecule has 0 aliphatic rings. The van der Waals surface area contributed by atoms with E-state index in [2.05, 4.69) is 69.1 Å². The molecule has 0 radical (unpaired) electrons. The summed E-state index contributed by atoms with van der Waals surface area (Å²) >= 11 is 0. The first kappa shape index (κ1) is 23.6. The van der Waals surface area contributed by atoms with E-state index >= 15 is 0 Å². The minimum absolute atomic E-state index is 0.0353. The molecule has 0 heterocycles. The summed E-state index contributed by atoms with van der Waals surface area (Å²) < 4.78 is 5.87. The molecule has 174 valence electrons. The second kappa shape index (κ2) is 10.1. The average molecular weight is 452 g/mol. The monoisotopic (exact) mass is 451 g/mol. The number of hydrogen-bond acceptors (Lipinski definition) is 2. The highest BCUT2D eigenvalue weighted by atomic mass is 16.5. The number of carbonyl (C=O) groups is 1. The van der Waals surface area contributed by atoms with Crippen LogP contribution in [0.4, 0.5) is 5.69 Å². The lowest BCUT2D eigenvalue weighted by Gasteiger charge is -2.25. The van der Waals surface area contributed by atoms with Crippen LogP contribution in [0.5, 0.6) is 5.75 Å². The number of amides is 1. The largest absolute Gasteiger partial charge is 0.496 e. The highest BCUT2D eigenvalue weighted by Crippen LogP contribution is 2.46. The van der Waals surface area contributed by atoms with Crippen LogP contribution in [0.15, 0.2) is 79.4 Å². The van der Waals surface area contributed by atoms with Crippen LogP contribution >= 0.6 is 0 Å². The zero-order valence-corrected chi connectivity index (χ0v) is 20.5. The van der Waals surface area contributed by atoms with Gasteiger partial charge < -0.3 is 10.1 Å². The first-order valence-corrected chi connectivity index (χ1v) is 12.1. The minimum Gasteiger partial charge on any atom is -0.496 e. The average Bonchev–Trinajstić information content (AvgIpc) is 2.87. The normalized spacial score (nSPS) is 12.9. The third kappa shape index (κ3) is 4.19. The maximum absolute atomic E-state index is 13.6. The van der Waals surface area contributed by atoms with Gasteiger partial charge >= 0.3 is 0 Å². The van der Waals surface area contributed by atoms with Gasteiger partial charge in [-0.15, -0.1) is 6.58 Å². The molecule has 4 aromatic carbocycles. The fourth-order valence-electron chi connectivity index (χ4n) is 5.10. The van der Waals surface area contributed by atoms with E-state index in [0.29, 0.717) is 0 Å². The number of carbonyl (C=O) groups excluding carboxylic acids is 1. The Labute approximate surface area is 202 Å². The Morgan fingerprint density at radius 2 is 1.59 bits per heavy atom. The minimum atomic E-state index is -0.129. The van der Waals surface area contributed by atoms with Crippen molar-refractivity contribution in [3.05, 3.63) is 84.9 Å². The van der Waals surface area contributed by atoms with Crippen LogP contribution in [-0.2, 0) is 4.79 Å². The molecule has 4 rings (SSSR count). The Hall–Kier alpha value is -3.59. The maximum Gasteiger partial charge on any atom is 0.228 e. The van der Waals surface area contributed by atoms with Crippen molar-refractivity contribution in [2.75, 3.05) is 12.4 Å². The van der Waals surface area contributed by atoms with E-state index in [1.165, 1.54) is 0 Å². The molecule has 34 heavy (non-hydrogen) atoms. The van der Waals surface area contributed by atoms with Gasteiger partial charge in [0.15, 0.2) is 0 Å². The van der Waals surface area contributed by atoms with Crippen molar-refractivity contribution in [1.29, 1.82) is 0 Å². The first-order chi connectivity index (χ1) is 16.5. The van der Waals surface area contributed by atoms with E-state index in [0.717, 1.165) is 62.5 Å². The van der Waals surface area contributed by atoms with E-state index in [1.54, 1.807) is 7.11 Å². The summed E-state index contributed by atoms with van der Waals surface area (Å²) in [6.45, 7) is 10.2. The predicted molar refractivity (Wildman–Crippen MR) is 145 cm³/mol. The summed E-state index contributed by atoms with van der Waals surface area (Å²) in [5, 5.41) is 7.79. The zero-order valence-electron chi connectivity index (χ0n) is 20.5. The fraction of sp³-hybridized carbons (Fsp3) is 0.258. The van der Waals surface area contributed by atoms with Crippen molar-refractivity contribution in [3.63, 3.8) is 0 Å². The standard InChI is InChI=1S/C31H33NO2/c1-6-21(7-2)24(8-3)31(33)32-30-20(4)19-23-14-10-12-16-26(23)29(30)28-25-15-11-9-13-22(25)17-18-27(28)34-5/h6,9-19,21,24H,1,7-8H2,2-5H3,(H,32,33)/t21-,24-/m0/s1. The van der Waals surface area contributed by atoms with Gasteiger partial charge in [-0.3, -0.25) is 4.79 Å². The Balaban J connectivity index is 2.02. The number of nitrogens with one attached hydrogen (secondary N) is 1. The molecule has 0 aliphatic heterocycles. The molecule has 2 atom stereocenters. The molecule has 3 nitrogen and oxygen atoms in total. The summed E-state index contributed by atoms with van der Waals surface area (Å²) in [5.74, 6) is 0.833. The zero-order chi connectivity index (χ0) is 24.2. The summed E-state index contributed by atoms with van der Waals surface area (Å²) in [7, 11) is 1.70. The van der Waals surface area contributed by atoms with E-state index in [4.69, 9.17) is 4.74 Å². The number of hydrogen-bond donors (Lipinski definition) is 1. The smallest absolute Gasteiger partial charge is 0.228 e. The van der Waals surface area contributed by atoms with Crippen molar-refractivity contribution in [2.45, 2.75) is 33.6 Å². The van der Waals surface area contributed by atoms with Crippen molar-refractivity contribution in [1.82, 2.24) is 0 Å². The Bertz CT molecular complexity index is 1350. The Kier molecular flexibility index (Phi) is 7.02. The Morgan fingerprint density at radius 1 is 0.941 bits per heavy atom. The van der Waals surface area contributed by atoms with Crippen LogP contribution in [0.1, 0.15) is 32.3 Å². The van der Waals surface area contributed by atoms with E-state index in [1.807, 2.05) is 36.4 Å². The van der Waals surface area contributed by atoms with Gasteiger partial charge in [-0.1, -0.05) is 74.5 Å². The molecular weight excluding hydrogens is 418 g/mol. The second-order valence-electron chi connectivity index (χ2n) is 8.84. The topological polar surface area (TPSA) is 38.3 Å². The van der Waals surface area contributed by atoms with Gasteiger partial charge in [-0.05, 0) is 64.9 Å². The number of methoxy groups -OCH3 is 1. The lowest BCUT2D eigenvalue weighted by Crippen LogP contribution is -2.28. The predicted octanol–water partition coefficient (Wildman–Crippen LogP) is 8.15. The van der Waals surface area contributed by atoms with Gasteiger partial charge in [0.05, 0.1) is 12.8 Å². The molecule has 0 unspecified atom stereocenters. The number of anilines is 1. The summed E-state index contributed by atoms with van der Waals surface area (Å²) in [6, 6.07) is 22.9. The summed E-state index contributed by atoms with van der Waals surface area (Å²) in [6.07, 6.45) is 3.56. The van der Waals surface area contributed by atoms with Crippen molar-refractivity contribution >= 4 is 33.1 Å². The van der Waals surface area contributed by atoms with Crippen LogP contribution in [0.25, 0.3) is 32.7 Å². The molecule has 0 aromatic heterocycles. The molecule has 0 aliphatic carbocycles. The van der Waals surface area contributed by atoms with Gasteiger partial charge in [-0.25, -0.2) is 0 Å². The Morgan fingerprint density at radius 3 is 2.21 bits per heavy atom. The van der Waals surface area contributed by atoms with Crippen molar-refractivity contribution < 1.29 is 9.53 Å². The number of aryl methyl sites for hydroxylation is 1. The summed E-state index contributed by atoms with van der Waals surface area (Å²) in [5.41, 5.74) is 3.87. The van der Waals surface area contributed by atoms with Crippen LogP contribution in [0, 0.1) is 18.8 Å². The highest BCUT2D eigenvalue weighted by molar-refractivity contribution is 6.14. The van der Waals surface area contributed by atoms with Gasteiger partial charge in [0.25, 0.3) is 0 Å². The quantitative estimate of drug-likeness (QED) is 0.274. The highest BCUT2D eigenvalue weighted by Gasteiger charge is 2.26. The van der Waals surface area contributed by atoms with Gasteiger partial charge in [0.2, 0.25) is 5.91 Å². The van der Waals surface area contributed by atoms with Crippen molar-refractivity contribution in [3.8, 4) is 16.9 Å². The molecule has 1 N–H and O–H groups in total.